The Morgan fingerprint density at radius 3 is 2.60 bits per heavy atom. The molecule has 7 nitrogen and oxygen atoms in total. The molecular formula is C23H27N3O4. The van der Waals surface area contributed by atoms with E-state index in [-0.39, 0.29) is 30.1 Å². The summed E-state index contributed by atoms with van der Waals surface area (Å²) in [5.41, 5.74) is 2.96. The second kappa shape index (κ2) is 7.22. The predicted octanol–water partition coefficient (Wildman–Crippen LogP) is 2.03. The molecule has 3 amide bonds. The molecule has 3 aliphatic heterocycles. The number of piperidine rings is 1. The summed E-state index contributed by atoms with van der Waals surface area (Å²) in [4.78, 5) is 51.8. The Kier molecular flexibility index (Phi) is 4.64. The number of hydrogen-bond acceptors (Lipinski definition) is 5. The van der Waals surface area contributed by atoms with Gasteiger partial charge in [0.25, 0.3) is 5.91 Å². The van der Waals surface area contributed by atoms with E-state index in [1.807, 2.05) is 12.1 Å². The third kappa shape index (κ3) is 3.20. The Bertz CT molecular complexity index is 919. The summed E-state index contributed by atoms with van der Waals surface area (Å²) < 4.78 is 0. The monoisotopic (exact) mass is 409 g/mol. The Morgan fingerprint density at radius 2 is 1.87 bits per heavy atom. The molecule has 30 heavy (non-hydrogen) atoms. The van der Waals surface area contributed by atoms with Crippen molar-refractivity contribution >= 4 is 29.7 Å². The highest BCUT2D eigenvalue weighted by Gasteiger charge is 2.42. The topological polar surface area (TPSA) is 86.8 Å². The molecular weight excluding hydrogens is 382 g/mol. The Labute approximate surface area is 175 Å². The Morgan fingerprint density at radius 1 is 1.07 bits per heavy atom. The number of nitrogens with one attached hydrogen (secondary N) is 1. The van der Waals surface area contributed by atoms with E-state index in [1.165, 1.54) is 0 Å². The average molecular weight is 409 g/mol. The molecule has 1 aliphatic carbocycles. The molecule has 3 heterocycles. The molecule has 4 aliphatic rings. The second-order valence-corrected chi connectivity index (χ2v) is 9.39. The molecule has 0 radical (unpaired) electrons. The molecule has 1 N–H and O–H groups in total. The number of benzene rings is 1. The average Bonchev–Trinajstić information content (AvgIpc) is 3.30. The van der Waals surface area contributed by atoms with E-state index in [9.17, 15) is 19.2 Å². The summed E-state index contributed by atoms with van der Waals surface area (Å²) in [6.45, 7) is 2.36. The van der Waals surface area contributed by atoms with E-state index < -0.39 is 6.04 Å². The van der Waals surface area contributed by atoms with Gasteiger partial charge in [0.05, 0.1) is 0 Å². The van der Waals surface area contributed by atoms with Crippen LogP contribution in [-0.2, 0) is 20.9 Å². The smallest absolute Gasteiger partial charge is 0.255 e. The van der Waals surface area contributed by atoms with Crippen molar-refractivity contribution in [1.82, 2.24) is 10.2 Å². The van der Waals surface area contributed by atoms with Gasteiger partial charge in [0.2, 0.25) is 11.8 Å². The molecule has 1 aromatic rings. The third-order valence-corrected chi connectivity index (χ3v) is 7.60. The van der Waals surface area contributed by atoms with Gasteiger partial charge in [-0.2, -0.15) is 0 Å². The van der Waals surface area contributed by atoms with Gasteiger partial charge in [0.15, 0.2) is 0 Å². The van der Waals surface area contributed by atoms with Gasteiger partial charge in [-0.15, -0.1) is 0 Å². The molecule has 1 unspecified atom stereocenters. The van der Waals surface area contributed by atoms with Crippen LogP contribution in [0.25, 0.3) is 0 Å². The van der Waals surface area contributed by atoms with Crippen LogP contribution in [-0.4, -0.2) is 48.0 Å². The summed E-state index contributed by atoms with van der Waals surface area (Å²) in [6, 6.07) is 5.48. The number of hydrogen-bond donors (Lipinski definition) is 1. The molecule has 5 rings (SSSR count). The molecule has 2 saturated heterocycles. The fourth-order valence-electron chi connectivity index (χ4n) is 5.69. The molecule has 1 spiro atoms. The summed E-state index contributed by atoms with van der Waals surface area (Å²) in [6.07, 6.45) is 7.06. The maximum atomic E-state index is 13.1. The summed E-state index contributed by atoms with van der Waals surface area (Å²) >= 11 is 0. The predicted molar refractivity (Wildman–Crippen MR) is 110 cm³/mol. The van der Waals surface area contributed by atoms with Crippen molar-refractivity contribution in [2.75, 3.05) is 18.0 Å². The molecule has 0 bridgehead atoms. The fraction of sp³-hybridized carbons (Fsp3) is 0.565. The van der Waals surface area contributed by atoms with Crippen LogP contribution in [0.1, 0.15) is 60.9 Å². The van der Waals surface area contributed by atoms with E-state index in [0.29, 0.717) is 23.9 Å². The molecule has 158 valence electrons. The van der Waals surface area contributed by atoms with Crippen molar-refractivity contribution in [3.8, 4) is 0 Å². The number of carbonyl (C=O) groups is 4. The fourth-order valence-corrected chi connectivity index (χ4v) is 5.69. The summed E-state index contributed by atoms with van der Waals surface area (Å²) in [7, 11) is 0. The summed E-state index contributed by atoms with van der Waals surface area (Å²) in [5.74, 6) is -0.546. The number of nitrogens with zero attached hydrogens (tertiary/aromatic N) is 2. The first kappa shape index (κ1) is 19.3. The zero-order valence-corrected chi connectivity index (χ0v) is 17.1. The largest absolute Gasteiger partial charge is 0.371 e. The van der Waals surface area contributed by atoms with Crippen LogP contribution in [0.3, 0.4) is 0 Å². The van der Waals surface area contributed by atoms with Crippen molar-refractivity contribution < 1.29 is 19.2 Å². The minimum absolute atomic E-state index is 0.123. The van der Waals surface area contributed by atoms with Gasteiger partial charge in [-0.25, -0.2) is 0 Å². The van der Waals surface area contributed by atoms with Crippen molar-refractivity contribution in [1.29, 1.82) is 0 Å². The van der Waals surface area contributed by atoms with Crippen molar-refractivity contribution in [2.45, 2.75) is 57.5 Å². The van der Waals surface area contributed by atoms with E-state index in [0.717, 1.165) is 62.7 Å². The lowest BCUT2D eigenvalue weighted by Gasteiger charge is -2.35. The second-order valence-electron chi connectivity index (χ2n) is 9.39. The number of carbonyl (C=O) groups excluding carboxylic acids is 4. The number of aldehydes is 1. The number of anilines is 1. The van der Waals surface area contributed by atoms with Gasteiger partial charge in [0, 0.05) is 43.2 Å². The zero-order valence-electron chi connectivity index (χ0n) is 17.1. The summed E-state index contributed by atoms with van der Waals surface area (Å²) in [5, 5.41) is 2.35. The van der Waals surface area contributed by atoms with Gasteiger partial charge in [-0.1, -0.05) is 6.07 Å². The van der Waals surface area contributed by atoms with Gasteiger partial charge in [-0.3, -0.25) is 19.7 Å². The molecule has 1 saturated carbocycles. The third-order valence-electron chi connectivity index (χ3n) is 7.60. The Balaban J connectivity index is 1.30. The quantitative estimate of drug-likeness (QED) is 0.610. The number of amides is 3. The number of imide groups is 1. The van der Waals surface area contributed by atoms with Crippen LogP contribution in [0, 0.1) is 11.3 Å². The SMILES string of the molecule is O=CC1CCC2(CC1)CCN(c1ccc3c(c1)C(=O)N(C1CCC(=O)NC1=O)C3)C2. The van der Waals surface area contributed by atoms with Crippen molar-refractivity contribution in [3.05, 3.63) is 29.3 Å². The van der Waals surface area contributed by atoms with Crippen LogP contribution in [0.5, 0.6) is 0 Å². The maximum Gasteiger partial charge on any atom is 0.255 e. The van der Waals surface area contributed by atoms with Crippen molar-refractivity contribution in [3.63, 3.8) is 0 Å². The highest BCUT2D eigenvalue weighted by atomic mass is 16.2. The van der Waals surface area contributed by atoms with Gasteiger partial charge in [-0.05, 0) is 61.6 Å². The van der Waals surface area contributed by atoms with Crippen LogP contribution in [0.2, 0.25) is 0 Å². The zero-order chi connectivity index (χ0) is 20.9. The van der Waals surface area contributed by atoms with E-state index in [1.54, 1.807) is 4.90 Å². The Hall–Kier alpha value is -2.70. The minimum atomic E-state index is -0.575. The maximum absolute atomic E-state index is 13.1. The van der Waals surface area contributed by atoms with E-state index >= 15 is 0 Å². The van der Waals surface area contributed by atoms with Crippen molar-refractivity contribution in [2.24, 2.45) is 11.3 Å². The lowest BCUT2D eigenvalue weighted by atomic mass is 9.70. The highest BCUT2D eigenvalue weighted by Crippen LogP contribution is 2.46. The van der Waals surface area contributed by atoms with Crippen LogP contribution < -0.4 is 10.2 Å². The first-order valence-corrected chi connectivity index (χ1v) is 11.0. The number of fused-ring (bicyclic) bond motifs is 1. The van der Waals surface area contributed by atoms with Gasteiger partial charge in [0.1, 0.15) is 12.3 Å². The van der Waals surface area contributed by atoms with E-state index in [4.69, 9.17) is 0 Å². The first-order chi connectivity index (χ1) is 14.5. The molecule has 0 aromatic heterocycles. The van der Waals surface area contributed by atoms with Crippen LogP contribution in [0.4, 0.5) is 5.69 Å². The highest BCUT2D eigenvalue weighted by molar-refractivity contribution is 6.05. The van der Waals surface area contributed by atoms with Crippen LogP contribution >= 0.6 is 0 Å². The molecule has 1 atom stereocenters. The minimum Gasteiger partial charge on any atom is -0.371 e. The van der Waals surface area contributed by atoms with Gasteiger partial charge >= 0.3 is 0 Å². The first-order valence-electron chi connectivity index (χ1n) is 11.0. The lowest BCUT2D eigenvalue weighted by Crippen LogP contribution is -2.52. The standard InChI is InChI=1S/C23H27N3O4/c27-13-15-5-7-23(8-6-15)9-10-25(14-23)17-2-1-16-12-26(22(30)18(16)11-17)19-3-4-20(28)24-21(19)29/h1-2,11,13,15,19H,3-10,12,14H2,(H,24,28,29). The molecule has 7 heteroatoms. The number of rotatable bonds is 3. The lowest BCUT2D eigenvalue weighted by molar-refractivity contribution is -0.136. The van der Waals surface area contributed by atoms with Crippen LogP contribution in [0.15, 0.2) is 18.2 Å². The molecule has 3 fully saturated rings. The van der Waals surface area contributed by atoms with Gasteiger partial charge < -0.3 is 14.6 Å². The van der Waals surface area contributed by atoms with E-state index in [2.05, 4.69) is 16.3 Å². The normalized spacial score (nSPS) is 31.3. The molecule has 1 aromatic carbocycles.